The molecular weight excluding hydrogens is 324 g/mol. The smallest absolute Gasteiger partial charge is 0.323 e. The van der Waals surface area contributed by atoms with Gasteiger partial charge in [-0.3, -0.25) is 4.79 Å². The van der Waals surface area contributed by atoms with Crippen LogP contribution in [0.2, 0.25) is 0 Å². The number of ether oxygens (including phenoxy) is 3. The van der Waals surface area contributed by atoms with E-state index in [1.165, 1.54) is 18.9 Å². The molecule has 2 aromatic carbocycles. The summed E-state index contributed by atoms with van der Waals surface area (Å²) in [6.07, 6.45) is 1.89. The monoisotopic (exact) mass is 344 g/mol. The Hall–Kier alpha value is -1.82. The van der Waals surface area contributed by atoms with E-state index in [1.807, 2.05) is 60.9 Å². The molecule has 0 saturated carbocycles. The predicted molar refractivity (Wildman–Crippen MR) is 93.8 cm³/mol. The molecule has 1 atom stereocenters. The van der Waals surface area contributed by atoms with Crippen LogP contribution in [0, 0.1) is 0 Å². The standard InChI is InChI=1S/C19H20O4S/c1-21-18(20)17(24-2)14-7-6-10-16(13-14)19(22-11-12-23-19)15-8-4-3-5-9-15/h3-10,13,17H,11-12H2,1-2H3. The van der Waals surface area contributed by atoms with E-state index in [9.17, 15) is 4.79 Å². The van der Waals surface area contributed by atoms with E-state index in [0.717, 1.165) is 16.7 Å². The Kier molecular flexibility index (Phi) is 5.23. The van der Waals surface area contributed by atoms with Crippen LogP contribution in [0.4, 0.5) is 0 Å². The van der Waals surface area contributed by atoms with Gasteiger partial charge in [-0.2, -0.15) is 0 Å². The van der Waals surface area contributed by atoms with Crippen molar-refractivity contribution in [3.63, 3.8) is 0 Å². The van der Waals surface area contributed by atoms with Gasteiger partial charge < -0.3 is 14.2 Å². The minimum absolute atomic E-state index is 0.262. The molecule has 3 rings (SSSR count). The van der Waals surface area contributed by atoms with Crippen LogP contribution >= 0.6 is 11.8 Å². The normalized spacial score (nSPS) is 17.4. The van der Waals surface area contributed by atoms with Crippen molar-refractivity contribution in [1.82, 2.24) is 0 Å². The number of thioether (sulfide) groups is 1. The van der Waals surface area contributed by atoms with E-state index >= 15 is 0 Å². The maximum absolute atomic E-state index is 12.0. The largest absolute Gasteiger partial charge is 0.468 e. The van der Waals surface area contributed by atoms with Gasteiger partial charge in [0.25, 0.3) is 0 Å². The lowest BCUT2D eigenvalue weighted by atomic mass is 9.95. The maximum atomic E-state index is 12.0. The third-order valence-electron chi connectivity index (χ3n) is 4.07. The number of esters is 1. The second-order valence-electron chi connectivity index (χ2n) is 5.44. The third kappa shape index (κ3) is 3.07. The van der Waals surface area contributed by atoms with Crippen LogP contribution in [-0.4, -0.2) is 32.5 Å². The molecule has 1 unspecified atom stereocenters. The molecule has 0 aromatic heterocycles. The molecule has 1 saturated heterocycles. The Morgan fingerprint density at radius 3 is 2.38 bits per heavy atom. The number of carbonyl (C=O) groups is 1. The lowest BCUT2D eigenvalue weighted by Gasteiger charge is -2.29. The van der Waals surface area contributed by atoms with Crippen molar-refractivity contribution in [2.45, 2.75) is 11.0 Å². The zero-order valence-electron chi connectivity index (χ0n) is 13.7. The molecule has 4 nitrogen and oxygen atoms in total. The molecule has 0 aliphatic carbocycles. The van der Waals surface area contributed by atoms with E-state index in [4.69, 9.17) is 14.2 Å². The van der Waals surface area contributed by atoms with E-state index in [0.29, 0.717) is 13.2 Å². The lowest BCUT2D eigenvalue weighted by Crippen LogP contribution is -2.29. The Balaban J connectivity index is 2.04. The SMILES string of the molecule is COC(=O)C(SC)c1cccc(C2(c3ccccc3)OCCO2)c1. The second-order valence-corrected chi connectivity index (χ2v) is 6.39. The first-order chi connectivity index (χ1) is 11.7. The van der Waals surface area contributed by atoms with Gasteiger partial charge in [0.15, 0.2) is 0 Å². The topological polar surface area (TPSA) is 44.8 Å². The molecule has 2 aromatic rings. The number of hydrogen-bond acceptors (Lipinski definition) is 5. The zero-order chi connectivity index (χ0) is 17.0. The van der Waals surface area contributed by atoms with Crippen molar-refractivity contribution in [1.29, 1.82) is 0 Å². The van der Waals surface area contributed by atoms with Crippen molar-refractivity contribution < 1.29 is 19.0 Å². The second kappa shape index (κ2) is 7.38. The van der Waals surface area contributed by atoms with Crippen LogP contribution in [-0.2, 0) is 24.8 Å². The van der Waals surface area contributed by atoms with Gasteiger partial charge in [0.2, 0.25) is 5.79 Å². The van der Waals surface area contributed by atoms with Crippen LogP contribution in [0.1, 0.15) is 21.9 Å². The Bertz CT molecular complexity index is 696. The highest BCUT2D eigenvalue weighted by atomic mass is 32.2. The molecule has 24 heavy (non-hydrogen) atoms. The summed E-state index contributed by atoms with van der Waals surface area (Å²) >= 11 is 1.45. The minimum atomic E-state index is -0.920. The predicted octanol–water partition coefficient (Wildman–Crippen LogP) is 3.51. The number of benzene rings is 2. The molecule has 0 N–H and O–H groups in total. The molecule has 5 heteroatoms. The van der Waals surface area contributed by atoms with E-state index in [-0.39, 0.29) is 11.2 Å². The highest BCUT2D eigenvalue weighted by molar-refractivity contribution is 7.99. The molecule has 1 fully saturated rings. The summed E-state index contributed by atoms with van der Waals surface area (Å²) in [5.41, 5.74) is 2.70. The highest BCUT2D eigenvalue weighted by Crippen LogP contribution is 2.40. The molecule has 0 bridgehead atoms. The maximum Gasteiger partial charge on any atom is 0.323 e. The number of hydrogen-bond donors (Lipinski definition) is 0. The lowest BCUT2D eigenvalue weighted by molar-refractivity contribution is -0.140. The molecule has 0 amide bonds. The van der Waals surface area contributed by atoms with Gasteiger partial charge in [-0.25, -0.2) is 0 Å². The Morgan fingerprint density at radius 2 is 1.75 bits per heavy atom. The van der Waals surface area contributed by atoms with Gasteiger partial charge >= 0.3 is 5.97 Å². The van der Waals surface area contributed by atoms with Crippen molar-refractivity contribution in [2.24, 2.45) is 0 Å². The molecule has 1 aliphatic heterocycles. The fraction of sp³-hybridized carbons (Fsp3) is 0.316. The summed E-state index contributed by atoms with van der Waals surface area (Å²) in [5, 5.41) is -0.371. The number of methoxy groups -OCH3 is 1. The van der Waals surface area contributed by atoms with Gasteiger partial charge in [0.05, 0.1) is 20.3 Å². The van der Waals surface area contributed by atoms with Crippen LogP contribution in [0.5, 0.6) is 0 Å². The summed E-state index contributed by atoms with van der Waals surface area (Å²) < 4.78 is 17.0. The molecule has 1 aliphatic rings. The first kappa shape index (κ1) is 17.0. The van der Waals surface area contributed by atoms with Crippen LogP contribution in [0.3, 0.4) is 0 Å². The summed E-state index contributed by atoms with van der Waals surface area (Å²) in [7, 11) is 1.41. The van der Waals surface area contributed by atoms with Gasteiger partial charge in [0.1, 0.15) is 5.25 Å². The molecule has 126 valence electrons. The molecular formula is C19H20O4S. The summed E-state index contributed by atoms with van der Waals surface area (Å²) in [6, 6.07) is 17.7. The van der Waals surface area contributed by atoms with Crippen LogP contribution in [0.25, 0.3) is 0 Å². The fourth-order valence-corrected chi connectivity index (χ4v) is 3.66. The molecule has 0 radical (unpaired) electrons. The first-order valence-electron chi connectivity index (χ1n) is 7.76. The minimum Gasteiger partial charge on any atom is -0.468 e. The van der Waals surface area contributed by atoms with Gasteiger partial charge in [-0.1, -0.05) is 48.5 Å². The number of rotatable bonds is 5. The van der Waals surface area contributed by atoms with Crippen molar-refractivity contribution in [2.75, 3.05) is 26.6 Å². The highest BCUT2D eigenvalue weighted by Gasteiger charge is 2.41. The van der Waals surface area contributed by atoms with E-state index in [2.05, 4.69) is 0 Å². The van der Waals surface area contributed by atoms with E-state index in [1.54, 1.807) is 0 Å². The average Bonchev–Trinajstić information content (AvgIpc) is 3.14. The third-order valence-corrected chi connectivity index (χ3v) is 5.00. The van der Waals surface area contributed by atoms with Crippen molar-refractivity contribution in [3.8, 4) is 0 Å². The zero-order valence-corrected chi connectivity index (χ0v) is 14.5. The fourth-order valence-electron chi connectivity index (χ4n) is 2.95. The van der Waals surface area contributed by atoms with Gasteiger partial charge in [-0.15, -0.1) is 11.8 Å². The first-order valence-corrected chi connectivity index (χ1v) is 9.04. The van der Waals surface area contributed by atoms with Gasteiger partial charge in [0, 0.05) is 11.1 Å². The molecule has 1 heterocycles. The van der Waals surface area contributed by atoms with Crippen LogP contribution in [0.15, 0.2) is 54.6 Å². The Labute approximate surface area is 146 Å². The Morgan fingerprint density at radius 1 is 1.08 bits per heavy atom. The van der Waals surface area contributed by atoms with Crippen LogP contribution < -0.4 is 0 Å². The van der Waals surface area contributed by atoms with Crippen molar-refractivity contribution in [3.05, 3.63) is 71.3 Å². The molecule has 0 spiro atoms. The van der Waals surface area contributed by atoms with E-state index < -0.39 is 5.79 Å². The van der Waals surface area contributed by atoms with Gasteiger partial charge in [-0.05, 0) is 17.9 Å². The quantitative estimate of drug-likeness (QED) is 0.777. The summed E-state index contributed by atoms with van der Waals surface area (Å²) in [4.78, 5) is 12.0. The summed E-state index contributed by atoms with van der Waals surface area (Å²) in [5.74, 6) is -1.18. The number of carbonyl (C=O) groups excluding carboxylic acids is 1. The van der Waals surface area contributed by atoms with Crippen molar-refractivity contribution >= 4 is 17.7 Å². The average molecular weight is 344 g/mol. The summed E-state index contributed by atoms with van der Waals surface area (Å²) in [6.45, 7) is 1.06.